The van der Waals surface area contributed by atoms with E-state index in [9.17, 15) is 9.59 Å². The number of carbonyl (C=O) groups is 2. The van der Waals surface area contributed by atoms with Crippen molar-refractivity contribution in [3.05, 3.63) is 59.9 Å². The van der Waals surface area contributed by atoms with Crippen molar-refractivity contribution in [2.24, 2.45) is 0 Å². The summed E-state index contributed by atoms with van der Waals surface area (Å²) in [5.41, 5.74) is 2.11. The average molecular weight is 339 g/mol. The number of nitrogens with zero attached hydrogens (tertiary/aromatic N) is 3. The number of benzene rings is 1. The number of hydrogen-bond donors (Lipinski definition) is 0. The number of urea groups is 1. The summed E-state index contributed by atoms with van der Waals surface area (Å²) < 4.78 is 5.33. The summed E-state index contributed by atoms with van der Waals surface area (Å²) in [5.74, 6) is -0.0247. The molecule has 0 radical (unpaired) electrons. The molecule has 2 heterocycles. The molecule has 6 nitrogen and oxygen atoms in total. The number of ketones is 1. The number of rotatable bonds is 4. The lowest BCUT2D eigenvalue weighted by Crippen LogP contribution is -2.48. The van der Waals surface area contributed by atoms with E-state index in [0.29, 0.717) is 38.4 Å². The van der Waals surface area contributed by atoms with Gasteiger partial charge >= 0.3 is 6.03 Å². The van der Waals surface area contributed by atoms with Crippen molar-refractivity contribution in [2.45, 2.75) is 13.5 Å². The Labute approximate surface area is 147 Å². The van der Waals surface area contributed by atoms with Crippen LogP contribution < -0.4 is 4.90 Å². The van der Waals surface area contributed by atoms with Gasteiger partial charge in [0.1, 0.15) is 0 Å². The fraction of sp³-hybridized carbons (Fsp3) is 0.316. The standard InChI is InChI=1S/C19H21N3O3/c1-15(23)16-7-8-17(20-13-16)14-22(18-5-3-2-4-6-18)19(24)21-9-11-25-12-10-21/h2-8,13H,9-12,14H2,1H3. The van der Waals surface area contributed by atoms with Gasteiger partial charge in [-0.3, -0.25) is 14.7 Å². The summed E-state index contributed by atoms with van der Waals surface area (Å²) >= 11 is 0. The zero-order valence-corrected chi connectivity index (χ0v) is 14.2. The zero-order chi connectivity index (χ0) is 17.6. The molecule has 0 saturated carbocycles. The molecular formula is C19H21N3O3. The summed E-state index contributed by atoms with van der Waals surface area (Å²) in [4.78, 5) is 32.2. The van der Waals surface area contributed by atoms with Crippen molar-refractivity contribution in [1.29, 1.82) is 0 Å². The van der Waals surface area contributed by atoms with Gasteiger partial charge in [0.15, 0.2) is 5.78 Å². The van der Waals surface area contributed by atoms with Crippen LogP contribution in [0.5, 0.6) is 0 Å². The Bertz CT molecular complexity index is 725. The molecule has 1 aromatic carbocycles. The third-order valence-electron chi connectivity index (χ3n) is 4.13. The van der Waals surface area contributed by atoms with Crippen molar-refractivity contribution in [1.82, 2.24) is 9.88 Å². The highest BCUT2D eigenvalue weighted by Gasteiger charge is 2.24. The number of para-hydroxylation sites is 1. The molecule has 130 valence electrons. The van der Waals surface area contributed by atoms with E-state index in [1.807, 2.05) is 30.3 Å². The predicted molar refractivity (Wildman–Crippen MR) is 94.7 cm³/mol. The molecule has 1 aliphatic rings. The fourth-order valence-electron chi connectivity index (χ4n) is 2.69. The largest absolute Gasteiger partial charge is 0.378 e. The van der Waals surface area contributed by atoms with Gasteiger partial charge in [-0.1, -0.05) is 18.2 Å². The molecule has 1 saturated heterocycles. The van der Waals surface area contributed by atoms with Crippen molar-refractivity contribution in [2.75, 3.05) is 31.2 Å². The van der Waals surface area contributed by atoms with Crippen LogP contribution in [0.15, 0.2) is 48.7 Å². The lowest BCUT2D eigenvalue weighted by molar-refractivity contribution is 0.0548. The summed E-state index contributed by atoms with van der Waals surface area (Å²) in [6.45, 7) is 4.13. The number of Topliss-reactive ketones (excluding diaryl/α,β-unsaturated/α-hetero) is 1. The van der Waals surface area contributed by atoms with Crippen molar-refractivity contribution in [3.63, 3.8) is 0 Å². The van der Waals surface area contributed by atoms with Crippen LogP contribution >= 0.6 is 0 Å². The first kappa shape index (κ1) is 17.1. The third kappa shape index (κ3) is 4.22. The minimum atomic E-state index is -0.0630. The molecule has 0 aliphatic carbocycles. The lowest BCUT2D eigenvalue weighted by atomic mass is 10.2. The van der Waals surface area contributed by atoms with Crippen LogP contribution in [0.25, 0.3) is 0 Å². The van der Waals surface area contributed by atoms with Crippen LogP contribution in [0.2, 0.25) is 0 Å². The van der Waals surface area contributed by atoms with Gasteiger partial charge in [0.05, 0.1) is 25.5 Å². The Balaban J connectivity index is 1.83. The van der Waals surface area contributed by atoms with Gasteiger partial charge in [-0.2, -0.15) is 0 Å². The monoisotopic (exact) mass is 339 g/mol. The third-order valence-corrected chi connectivity index (χ3v) is 4.13. The highest BCUT2D eigenvalue weighted by atomic mass is 16.5. The molecule has 0 unspecified atom stereocenters. The number of hydrogen-bond acceptors (Lipinski definition) is 4. The molecule has 2 aromatic rings. The number of anilines is 1. The molecule has 25 heavy (non-hydrogen) atoms. The van der Waals surface area contributed by atoms with Crippen molar-refractivity contribution in [3.8, 4) is 0 Å². The molecule has 0 atom stereocenters. The number of amides is 2. The van der Waals surface area contributed by atoms with E-state index in [1.165, 1.54) is 6.92 Å². The first-order valence-electron chi connectivity index (χ1n) is 8.30. The van der Waals surface area contributed by atoms with E-state index < -0.39 is 0 Å². The number of carbonyl (C=O) groups excluding carboxylic acids is 2. The molecule has 1 aromatic heterocycles. The fourth-order valence-corrected chi connectivity index (χ4v) is 2.69. The van der Waals surface area contributed by atoms with Gasteiger partial charge in [-0.15, -0.1) is 0 Å². The van der Waals surface area contributed by atoms with Crippen LogP contribution in [-0.4, -0.2) is 48.0 Å². The molecule has 0 N–H and O–H groups in total. The summed E-state index contributed by atoms with van der Waals surface area (Å²) in [6.07, 6.45) is 1.56. The van der Waals surface area contributed by atoms with E-state index >= 15 is 0 Å². The van der Waals surface area contributed by atoms with E-state index in [2.05, 4.69) is 4.98 Å². The van der Waals surface area contributed by atoms with E-state index in [4.69, 9.17) is 4.74 Å². The molecule has 0 bridgehead atoms. The molecule has 3 rings (SSSR count). The predicted octanol–water partition coefficient (Wildman–Crippen LogP) is 2.74. The highest BCUT2D eigenvalue weighted by molar-refractivity contribution is 5.94. The Kier molecular flexibility index (Phi) is 5.40. The Hall–Kier alpha value is -2.73. The van der Waals surface area contributed by atoms with E-state index in [-0.39, 0.29) is 11.8 Å². The maximum Gasteiger partial charge on any atom is 0.325 e. The van der Waals surface area contributed by atoms with Crippen LogP contribution in [0.3, 0.4) is 0 Å². The smallest absolute Gasteiger partial charge is 0.325 e. The molecule has 0 spiro atoms. The van der Waals surface area contributed by atoms with Crippen LogP contribution in [0.4, 0.5) is 10.5 Å². The maximum absolute atomic E-state index is 13.0. The zero-order valence-electron chi connectivity index (χ0n) is 14.2. The SMILES string of the molecule is CC(=O)c1ccc(CN(C(=O)N2CCOCC2)c2ccccc2)nc1. The van der Waals surface area contributed by atoms with E-state index in [1.54, 1.807) is 28.1 Å². The van der Waals surface area contributed by atoms with E-state index in [0.717, 1.165) is 11.4 Å². The van der Waals surface area contributed by atoms with Crippen molar-refractivity contribution >= 4 is 17.5 Å². The Morgan fingerprint density at radius 2 is 1.84 bits per heavy atom. The second-order valence-electron chi connectivity index (χ2n) is 5.90. The number of pyridine rings is 1. The van der Waals surface area contributed by atoms with Gasteiger partial charge in [0, 0.05) is 30.5 Å². The Morgan fingerprint density at radius 3 is 2.44 bits per heavy atom. The summed E-state index contributed by atoms with van der Waals surface area (Å²) in [6, 6.07) is 13.0. The molecular weight excluding hydrogens is 318 g/mol. The topological polar surface area (TPSA) is 62.7 Å². The van der Waals surface area contributed by atoms with Gasteiger partial charge in [-0.25, -0.2) is 4.79 Å². The molecule has 6 heteroatoms. The van der Waals surface area contributed by atoms with Crippen molar-refractivity contribution < 1.29 is 14.3 Å². The molecule has 2 amide bonds. The van der Waals surface area contributed by atoms with Crippen LogP contribution in [-0.2, 0) is 11.3 Å². The highest BCUT2D eigenvalue weighted by Crippen LogP contribution is 2.19. The van der Waals surface area contributed by atoms with Gasteiger partial charge < -0.3 is 9.64 Å². The second-order valence-corrected chi connectivity index (χ2v) is 5.90. The van der Waals surface area contributed by atoms with Gasteiger partial charge in [0.2, 0.25) is 0 Å². The molecule has 1 fully saturated rings. The maximum atomic E-state index is 13.0. The first-order valence-corrected chi connectivity index (χ1v) is 8.30. The first-order chi connectivity index (χ1) is 12.1. The second kappa shape index (κ2) is 7.90. The summed E-state index contributed by atoms with van der Waals surface area (Å²) in [5, 5.41) is 0. The average Bonchev–Trinajstić information content (AvgIpc) is 2.67. The minimum Gasteiger partial charge on any atom is -0.378 e. The normalized spacial score (nSPS) is 14.2. The molecule has 1 aliphatic heterocycles. The minimum absolute atomic E-state index is 0.0247. The summed E-state index contributed by atoms with van der Waals surface area (Å²) in [7, 11) is 0. The quantitative estimate of drug-likeness (QED) is 0.804. The Morgan fingerprint density at radius 1 is 1.12 bits per heavy atom. The lowest BCUT2D eigenvalue weighted by Gasteiger charge is -2.33. The van der Waals surface area contributed by atoms with Crippen LogP contribution in [0, 0.1) is 0 Å². The van der Waals surface area contributed by atoms with Crippen LogP contribution in [0.1, 0.15) is 23.0 Å². The number of aromatic nitrogens is 1. The van der Waals surface area contributed by atoms with Gasteiger partial charge in [-0.05, 0) is 31.2 Å². The number of morpholine rings is 1. The van der Waals surface area contributed by atoms with Gasteiger partial charge in [0.25, 0.3) is 0 Å². The number of ether oxygens (including phenoxy) is 1.